The summed E-state index contributed by atoms with van der Waals surface area (Å²) < 4.78 is 5.54. The lowest BCUT2D eigenvalue weighted by Crippen LogP contribution is -2.23. The lowest BCUT2D eigenvalue weighted by atomic mass is 10.1. The van der Waals surface area contributed by atoms with Crippen LogP contribution >= 0.6 is 11.3 Å². The second-order valence-electron chi connectivity index (χ2n) is 6.48. The number of aryl methyl sites for hydroxylation is 1. The first-order valence-electron chi connectivity index (χ1n) is 8.62. The zero-order valence-corrected chi connectivity index (χ0v) is 16.2. The highest BCUT2D eigenvalue weighted by atomic mass is 32.1. The molecule has 2 N–H and O–H groups in total. The molecule has 6 nitrogen and oxygen atoms in total. The molecule has 2 amide bonds. The van der Waals surface area contributed by atoms with Gasteiger partial charge in [-0.2, -0.15) is 0 Å². The number of nitrogens with one attached hydrogen (secondary N) is 2. The quantitative estimate of drug-likeness (QED) is 0.667. The maximum Gasteiger partial charge on any atom is 0.271 e. The van der Waals surface area contributed by atoms with Crippen LogP contribution in [-0.2, 0) is 11.3 Å². The molecule has 2 aromatic heterocycles. The molecule has 0 aliphatic heterocycles. The van der Waals surface area contributed by atoms with Crippen LogP contribution in [-0.4, -0.2) is 16.8 Å². The molecule has 3 aromatic rings. The van der Waals surface area contributed by atoms with Crippen LogP contribution in [0.5, 0.6) is 0 Å². The van der Waals surface area contributed by atoms with Crippen molar-refractivity contribution in [1.29, 1.82) is 0 Å². The Kier molecular flexibility index (Phi) is 5.71. The Hall–Kier alpha value is -2.93. The van der Waals surface area contributed by atoms with Gasteiger partial charge in [0, 0.05) is 23.5 Å². The molecule has 0 spiro atoms. The Morgan fingerprint density at radius 1 is 1.22 bits per heavy atom. The predicted octanol–water partition coefficient (Wildman–Crippen LogP) is 4.24. The van der Waals surface area contributed by atoms with E-state index in [0.29, 0.717) is 28.7 Å². The smallest absolute Gasteiger partial charge is 0.271 e. The molecule has 1 aromatic carbocycles. The van der Waals surface area contributed by atoms with E-state index in [1.807, 2.05) is 57.2 Å². The number of anilines is 1. The molecular formula is C20H21N3O3S. The lowest BCUT2D eigenvalue weighted by Gasteiger charge is -2.09. The van der Waals surface area contributed by atoms with Crippen LogP contribution in [0, 0.1) is 12.8 Å². The minimum absolute atomic E-state index is 0.0423. The van der Waals surface area contributed by atoms with Gasteiger partial charge in [0.25, 0.3) is 5.91 Å². The summed E-state index contributed by atoms with van der Waals surface area (Å²) >= 11 is 1.36. The summed E-state index contributed by atoms with van der Waals surface area (Å²) in [5, 5.41) is 8.09. The molecule has 0 bridgehead atoms. The second-order valence-corrected chi connectivity index (χ2v) is 7.33. The van der Waals surface area contributed by atoms with Crippen molar-refractivity contribution in [3.05, 3.63) is 58.8 Å². The molecule has 0 atom stereocenters. The summed E-state index contributed by atoms with van der Waals surface area (Å²) in [7, 11) is 0. The molecule has 27 heavy (non-hydrogen) atoms. The third kappa shape index (κ3) is 4.83. The highest BCUT2D eigenvalue weighted by Crippen LogP contribution is 2.25. The van der Waals surface area contributed by atoms with E-state index in [9.17, 15) is 9.59 Å². The van der Waals surface area contributed by atoms with Crippen LogP contribution in [0.15, 0.2) is 46.2 Å². The van der Waals surface area contributed by atoms with Crippen LogP contribution in [0.2, 0.25) is 0 Å². The average molecular weight is 383 g/mol. The normalized spacial score (nSPS) is 10.8. The number of furan rings is 1. The first-order valence-corrected chi connectivity index (χ1v) is 9.50. The lowest BCUT2D eigenvalue weighted by molar-refractivity contribution is -0.118. The van der Waals surface area contributed by atoms with Crippen molar-refractivity contribution in [2.45, 2.75) is 27.3 Å². The molecule has 0 aliphatic carbocycles. The minimum atomic E-state index is -0.252. The number of carbonyl (C=O) groups excluding carboxylic acids is 2. The van der Waals surface area contributed by atoms with E-state index >= 15 is 0 Å². The number of rotatable bonds is 6. The Morgan fingerprint density at radius 3 is 2.74 bits per heavy atom. The second kappa shape index (κ2) is 8.18. The molecule has 0 saturated heterocycles. The number of thiazole rings is 1. The molecule has 3 rings (SSSR count). The standard InChI is InChI=1S/C20H21N3O3S/c1-12(2)18(24)22-15-6-4-5-14(9-15)10-21-19(25)16-11-27-20(23-16)17-8-7-13(3)26-17/h4-9,11-12H,10H2,1-3H3,(H,21,25)(H,22,24). The van der Waals surface area contributed by atoms with Crippen molar-refractivity contribution in [3.63, 3.8) is 0 Å². The first kappa shape index (κ1) is 18.8. The fourth-order valence-corrected chi connectivity index (χ4v) is 3.12. The summed E-state index contributed by atoms with van der Waals surface area (Å²) in [5.74, 6) is 1.07. The fourth-order valence-electron chi connectivity index (χ4n) is 2.36. The van der Waals surface area contributed by atoms with Crippen molar-refractivity contribution < 1.29 is 14.0 Å². The van der Waals surface area contributed by atoms with Crippen molar-refractivity contribution >= 4 is 28.8 Å². The SMILES string of the molecule is Cc1ccc(-c2nc(C(=O)NCc3cccc(NC(=O)C(C)C)c3)cs2)o1. The zero-order valence-electron chi connectivity index (χ0n) is 15.4. The summed E-state index contributed by atoms with van der Waals surface area (Å²) in [6.07, 6.45) is 0. The van der Waals surface area contributed by atoms with Gasteiger partial charge in [0.2, 0.25) is 5.91 Å². The van der Waals surface area contributed by atoms with Crippen molar-refractivity contribution in [2.24, 2.45) is 5.92 Å². The number of aromatic nitrogens is 1. The van der Waals surface area contributed by atoms with E-state index in [2.05, 4.69) is 15.6 Å². The molecular weight excluding hydrogens is 362 g/mol. The predicted molar refractivity (Wildman–Crippen MR) is 106 cm³/mol. The van der Waals surface area contributed by atoms with E-state index in [-0.39, 0.29) is 17.7 Å². The van der Waals surface area contributed by atoms with Crippen molar-refractivity contribution in [3.8, 4) is 10.8 Å². The van der Waals surface area contributed by atoms with Gasteiger partial charge in [-0.1, -0.05) is 26.0 Å². The van der Waals surface area contributed by atoms with Gasteiger partial charge in [-0.05, 0) is 36.8 Å². The largest absolute Gasteiger partial charge is 0.459 e. The van der Waals surface area contributed by atoms with E-state index in [1.165, 1.54) is 11.3 Å². The molecule has 140 valence electrons. The molecule has 0 unspecified atom stereocenters. The number of amides is 2. The molecule has 0 fully saturated rings. The highest BCUT2D eigenvalue weighted by molar-refractivity contribution is 7.13. The van der Waals surface area contributed by atoms with Crippen molar-refractivity contribution in [1.82, 2.24) is 10.3 Å². The summed E-state index contributed by atoms with van der Waals surface area (Å²) in [4.78, 5) is 28.5. The Balaban J connectivity index is 1.61. The number of nitrogens with zero attached hydrogens (tertiary/aromatic N) is 1. The highest BCUT2D eigenvalue weighted by Gasteiger charge is 2.14. The van der Waals surface area contributed by atoms with Crippen LogP contribution in [0.1, 0.15) is 35.7 Å². The maximum absolute atomic E-state index is 12.4. The van der Waals surface area contributed by atoms with Gasteiger partial charge in [-0.15, -0.1) is 11.3 Å². The van der Waals surface area contributed by atoms with E-state index in [0.717, 1.165) is 11.3 Å². The molecule has 0 saturated carbocycles. The maximum atomic E-state index is 12.4. The van der Waals surface area contributed by atoms with Crippen LogP contribution in [0.25, 0.3) is 10.8 Å². The third-order valence-corrected chi connectivity index (χ3v) is 4.72. The van der Waals surface area contributed by atoms with E-state index < -0.39 is 0 Å². The molecule has 7 heteroatoms. The van der Waals surface area contributed by atoms with Gasteiger partial charge >= 0.3 is 0 Å². The Labute approximate surface area is 161 Å². The van der Waals surface area contributed by atoms with Crippen LogP contribution in [0.3, 0.4) is 0 Å². The first-order chi connectivity index (χ1) is 12.9. The Morgan fingerprint density at radius 2 is 2.04 bits per heavy atom. The van der Waals surface area contributed by atoms with Crippen LogP contribution in [0.4, 0.5) is 5.69 Å². The van der Waals surface area contributed by atoms with Crippen LogP contribution < -0.4 is 10.6 Å². The topological polar surface area (TPSA) is 84.2 Å². The minimum Gasteiger partial charge on any atom is -0.459 e. The number of carbonyl (C=O) groups is 2. The molecule has 0 aliphatic rings. The third-order valence-electron chi connectivity index (χ3n) is 3.86. The van der Waals surface area contributed by atoms with Gasteiger partial charge < -0.3 is 15.1 Å². The van der Waals surface area contributed by atoms with Crippen molar-refractivity contribution in [2.75, 3.05) is 5.32 Å². The molecule has 2 heterocycles. The van der Waals surface area contributed by atoms with Gasteiger partial charge in [0.05, 0.1) is 0 Å². The Bertz CT molecular complexity index is 959. The van der Waals surface area contributed by atoms with Gasteiger partial charge in [-0.25, -0.2) is 4.98 Å². The number of hydrogen-bond donors (Lipinski definition) is 2. The summed E-state index contributed by atoms with van der Waals surface area (Å²) in [6.45, 7) is 5.89. The fraction of sp³-hybridized carbons (Fsp3) is 0.250. The van der Waals surface area contributed by atoms with Gasteiger partial charge in [0.15, 0.2) is 10.8 Å². The zero-order chi connectivity index (χ0) is 19.4. The average Bonchev–Trinajstić information content (AvgIpc) is 3.29. The number of benzene rings is 1. The van der Waals surface area contributed by atoms with E-state index in [4.69, 9.17) is 4.42 Å². The molecule has 0 radical (unpaired) electrons. The van der Waals surface area contributed by atoms with Gasteiger partial charge in [0.1, 0.15) is 11.5 Å². The summed E-state index contributed by atoms with van der Waals surface area (Å²) in [5.41, 5.74) is 1.96. The van der Waals surface area contributed by atoms with E-state index in [1.54, 1.807) is 5.38 Å². The summed E-state index contributed by atoms with van der Waals surface area (Å²) in [6, 6.07) is 11.1. The van der Waals surface area contributed by atoms with Gasteiger partial charge in [-0.3, -0.25) is 9.59 Å². The monoisotopic (exact) mass is 383 g/mol. The number of hydrogen-bond acceptors (Lipinski definition) is 5.